The molecule has 0 aliphatic carbocycles. The molecule has 88 valence electrons. The predicted octanol–water partition coefficient (Wildman–Crippen LogP) is 4.21. The van der Waals surface area contributed by atoms with Gasteiger partial charge in [0.1, 0.15) is 0 Å². The van der Waals surface area contributed by atoms with E-state index < -0.39 is 0 Å². The molecule has 1 nitrogen and oxygen atoms in total. The fraction of sp³-hybridized carbons (Fsp3) is 0.500. The highest BCUT2D eigenvalue weighted by molar-refractivity contribution is 8.01. The lowest BCUT2D eigenvalue weighted by atomic mass is 10.1. The second kappa shape index (κ2) is 5.67. The van der Waals surface area contributed by atoms with Crippen molar-refractivity contribution in [2.45, 2.75) is 28.7 Å². The van der Waals surface area contributed by atoms with E-state index in [0.717, 1.165) is 11.6 Å². The molecule has 0 bridgehead atoms. The summed E-state index contributed by atoms with van der Waals surface area (Å²) >= 11 is 9.83. The van der Waals surface area contributed by atoms with E-state index in [1.807, 2.05) is 0 Å². The molecule has 0 radical (unpaired) electrons. The van der Waals surface area contributed by atoms with Gasteiger partial charge in [-0.05, 0) is 49.6 Å². The number of hydrogen-bond donors (Lipinski definition) is 1. The van der Waals surface area contributed by atoms with E-state index in [4.69, 9.17) is 11.6 Å². The van der Waals surface area contributed by atoms with Gasteiger partial charge in [0, 0.05) is 15.8 Å². The summed E-state index contributed by atoms with van der Waals surface area (Å²) in [6, 6.07) is 4.90. The van der Waals surface area contributed by atoms with Crippen molar-refractivity contribution >= 4 is 35.1 Å². The van der Waals surface area contributed by atoms with Crippen LogP contribution in [0, 0.1) is 0 Å². The molecule has 0 spiro atoms. The van der Waals surface area contributed by atoms with Crippen LogP contribution in [0.25, 0.3) is 0 Å². The average molecular weight is 274 g/mol. The van der Waals surface area contributed by atoms with Crippen molar-refractivity contribution in [2.75, 3.05) is 19.1 Å². The molecule has 1 atom stereocenters. The summed E-state index contributed by atoms with van der Waals surface area (Å²) in [6.45, 7) is 1.13. The lowest BCUT2D eigenvalue weighted by Gasteiger charge is -2.15. The van der Waals surface area contributed by atoms with Crippen molar-refractivity contribution in [1.82, 2.24) is 5.32 Å². The zero-order chi connectivity index (χ0) is 11.5. The molecular formula is C12H16ClNS2. The Kier molecular flexibility index (Phi) is 4.48. The maximum Gasteiger partial charge on any atom is 0.0556 e. The van der Waals surface area contributed by atoms with Crippen molar-refractivity contribution < 1.29 is 0 Å². The van der Waals surface area contributed by atoms with Crippen LogP contribution < -0.4 is 5.32 Å². The Balaban J connectivity index is 2.36. The minimum Gasteiger partial charge on any atom is -0.310 e. The molecule has 1 unspecified atom stereocenters. The maximum absolute atomic E-state index is 6.33. The molecule has 16 heavy (non-hydrogen) atoms. The molecule has 1 heterocycles. The lowest BCUT2D eigenvalue weighted by Crippen LogP contribution is -2.12. The fourth-order valence-electron chi connectivity index (χ4n) is 2.11. The summed E-state index contributed by atoms with van der Waals surface area (Å²) in [6.07, 6.45) is 6.68. The normalized spacial score (nSPS) is 20.3. The van der Waals surface area contributed by atoms with E-state index in [-0.39, 0.29) is 0 Å². The Labute approximate surface area is 111 Å². The van der Waals surface area contributed by atoms with E-state index in [9.17, 15) is 0 Å². The van der Waals surface area contributed by atoms with Gasteiger partial charge >= 0.3 is 0 Å². The van der Waals surface area contributed by atoms with Gasteiger partial charge in [-0.25, -0.2) is 0 Å². The Morgan fingerprint density at radius 3 is 2.69 bits per heavy atom. The van der Waals surface area contributed by atoms with Crippen LogP contribution in [0.1, 0.15) is 24.4 Å². The second-order valence-corrected chi connectivity index (χ2v) is 5.96. The van der Waals surface area contributed by atoms with Crippen LogP contribution in [-0.4, -0.2) is 19.1 Å². The number of hydrogen-bond acceptors (Lipinski definition) is 3. The third-order valence-electron chi connectivity index (χ3n) is 2.92. The molecule has 1 saturated heterocycles. The SMILES string of the molecule is CSc1cc(C2CCCN2)cc(Cl)c1SC. The minimum atomic E-state index is 0.499. The zero-order valence-electron chi connectivity index (χ0n) is 9.55. The largest absolute Gasteiger partial charge is 0.310 e. The standard InChI is InChI=1S/C12H16ClNS2/c1-15-11-7-8(10-4-3-5-14-10)6-9(13)12(11)16-2/h6-7,10,14H,3-5H2,1-2H3. The van der Waals surface area contributed by atoms with E-state index in [1.54, 1.807) is 23.5 Å². The van der Waals surface area contributed by atoms with Gasteiger partial charge in [-0.1, -0.05) is 11.6 Å². The summed E-state index contributed by atoms with van der Waals surface area (Å²) in [5.41, 5.74) is 1.34. The molecular weight excluding hydrogens is 258 g/mol. The van der Waals surface area contributed by atoms with Crippen LogP contribution in [0.2, 0.25) is 5.02 Å². The van der Waals surface area contributed by atoms with E-state index in [2.05, 4.69) is 30.0 Å². The van der Waals surface area contributed by atoms with Crippen LogP contribution in [0.3, 0.4) is 0 Å². The van der Waals surface area contributed by atoms with E-state index in [1.165, 1.54) is 28.2 Å². The molecule has 0 aromatic heterocycles. The van der Waals surface area contributed by atoms with Gasteiger partial charge in [0.05, 0.1) is 5.02 Å². The third kappa shape index (κ3) is 2.53. The van der Waals surface area contributed by atoms with Gasteiger partial charge in [-0.15, -0.1) is 23.5 Å². The maximum atomic E-state index is 6.33. The van der Waals surface area contributed by atoms with Crippen LogP contribution in [-0.2, 0) is 0 Å². The van der Waals surface area contributed by atoms with Crippen molar-refractivity contribution in [3.63, 3.8) is 0 Å². The van der Waals surface area contributed by atoms with Gasteiger partial charge in [0.2, 0.25) is 0 Å². The third-order valence-corrected chi connectivity index (χ3v) is 5.07. The average Bonchev–Trinajstić information content (AvgIpc) is 2.81. The first-order chi connectivity index (χ1) is 7.76. The summed E-state index contributed by atoms with van der Waals surface area (Å²) in [5, 5.41) is 4.41. The Bertz CT molecular complexity index is 376. The number of thioether (sulfide) groups is 2. The van der Waals surface area contributed by atoms with Crippen LogP contribution in [0.15, 0.2) is 21.9 Å². The van der Waals surface area contributed by atoms with Crippen molar-refractivity contribution in [1.29, 1.82) is 0 Å². The molecule has 1 aromatic rings. The molecule has 2 rings (SSSR count). The smallest absolute Gasteiger partial charge is 0.0556 e. The van der Waals surface area contributed by atoms with Gasteiger partial charge in [0.15, 0.2) is 0 Å². The summed E-state index contributed by atoms with van der Waals surface area (Å²) in [4.78, 5) is 2.50. The molecule has 1 aliphatic heterocycles. The summed E-state index contributed by atoms with van der Waals surface area (Å²) in [7, 11) is 0. The molecule has 4 heteroatoms. The molecule has 1 N–H and O–H groups in total. The molecule has 0 amide bonds. The second-order valence-electron chi connectivity index (χ2n) is 3.89. The van der Waals surface area contributed by atoms with E-state index >= 15 is 0 Å². The quantitative estimate of drug-likeness (QED) is 0.829. The molecule has 0 saturated carbocycles. The zero-order valence-corrected chi connectivity index (χ0v) is 11.9. The fourth-order valence-corrected chi connectivity index (χ4v) is 4.19. The van der Waals surface area contributed by atoms with Crippen LogP contribution in [0.5, 0.6) is 0 Å². The molecule has 1 aliphatic rings. The van der Waals surface area contributed by atoms with Gasteiger partial charge < -0.3 is 5.32 Å². The number of rotatable bonds is 3. The first kappa shape index (κ1) is 12.6. The van der Waals surface area contributed by atoms with E-state index in [0.29, 0.717) is 6.04 Å². The van der Waals surface area contributed by atoms with Crippen LogP contribution in [0.4, 0.5) is 0 Å². The highest BCUT2D eigenvalue weighted by Gasteiger charge is 2.18. The van der Waals surface area contributed by atoms with Gasteiger partial charge in [-0.3, -0.25) is 0 Å². The van der Waals surface area contributed by atoms with Crippen molar-refractivity contribution in [3.05, 3.63) is 22.7 Å². The number of benzene rings is 1. The lowest BCUT2D eigenvalue weighted by molar-refractivity contribution is 0.645. The van der Waals surface area contributed by atoms with Gasteiger partial charge in [-0.2, -0.15) is 0 Å². The Morgan fingerprint density at radius 2 is 2.12 bits per heavy atom. The highest BCUT2D eigenvalue weighted by atomic mass is 35.5. The monoisotopic (exact) mass is 273 g/mol. The number of halogens is 1. The minimum absolute atomic E-state index is 0.499. The molecule has 1 fully saturated rings. The highest BCUT2D eigenvalue weighted by Crippen LogP contribution is 2.38. The van der Waals surface area contributed by atoms with Crippen molar-refractivity contribution in [2.24, 2.45) is 0 Å². The first-order valence-electron chi connectivity index (χ1n) is 5.41. The van der Waals surface area contributed by atoms with Gasteiger partial charge in [0.25, 0.3) is 0 Å². The van der Waals surface area contributed by atoms with Crippen molar-refractivity contribution in [3.8, 4) is 0 Å². The predicted molar refractivity (Wildman–Crippen MR) is 75.0 cm³/mol. The van der Waals surface area contributed by atoms with Crippen LogP contribution >= 0.6 is 35.1 Å². The summed E-state index contributed by atoms with van der Waals surface area (Å²) < 4.78 is 0. The summed E-state index contributed by atoms with van der Waals surface area (Å²) in [5.74, 6) is 0. The molecule has 1 aromatic carbocycles. The Hall–Kier alpha value is 0.170. The Morgan fingerprint density at radius 1 is 1.31 bits per heavy atom. The number of nitrogens with one attached hydrogen (secondary N) is 1. The topological polar surface area (TPSA) is 12.0 Å². The first-order valence-corrected chi connectivity index (χ1v) is 8.24.